The molecule has 110 valence electrons. The second kappa shape index (κ2) is 6.27. The molecule has 1 fully saturated rings. The maximum atomic E-state index is 5.79. The first-order chi connectivity index (χ1) is 10.2. The van der Waals surface area contributed by atoms with Gasteiger partial charge in [0, 0.05) is 18.8 Å². The molecule has 3 nitrogen and oxygen atoms in total. The van der Waals surface area contributed by atoms with Crippen LogP contribution in [0.15, 0.2) is 42.6 Å². The molecule has 1 aromatic carbocycles. The van der Waals surface area contributed by atoms with Crippen molar-refractivity contribution < 1.29 is 0 Å². The third-order valence-electron chi connectivity index (χ3n) is 4.37. The average molecular weight is 281 g/mol. The number of anilines is 1. The molecule has 0 saturated carbocycles. The summed E-state index contributed by atoms with van der Waals surface area (Å²) in [5.74, 6) is 0.613. The number of hydrogen-bond donors (Lipinski definition) is 1. The fraction of sp³-hybridized carbons (Fsp3) is 0.389. The van der Waals surface area contributed by atoms with E-state index in [9.17, 15) is 0 Å². The molecule has 1 aliphatic heterocycles. The highest BCUT2D eigenvalue weighted by Gasteiger charge is 2.25. The second-order valence-corrected chi connectivity index (χ2v) is 5.93. The van der Waals surface area contributed by atoms with E-state index in [1.807, 2.05) is 12.3 Å². The molecule has 0 bridgehead atoms. The van der Waals surface area contributed by atoms with Crippen LogP contribution < -0.4 is 5.73 Å². The first-order valence-electron chi connectivity index (χ1n) is 7.74. The molecule has 1 unspecified atom stereocenters. The van der Waals surface area contributed by atoms with E-state index < -0.39 is 0 Å². The zero-order valence-corrected chi connectivity index (χ0v) is 12.6. The van der Waals surface area contributed by atoms with Crippen LogP contribution >= 0.6 is 0 Å². The van der Waals surface area contributed by atoms with Gasteiger partial charge in [-0.05, 0) is 49.1 Å². The molecule has 1 saturated heterocycles. The van der Waals surface area contributed by atoms with Crippen LogP contribution in [0.5, 0.6) is 0 Å². The van der Waals surface area contributed by atoms with Gasteiger partial charge in [-0.3, -0.25) is 4.90 Å². The molecule has 3 rings (SSSR count). The highest BCUT2D eigenvalue weighted by molar-refractivity contribution is 5.38. The predicted octanol–water partition coefficient (Wildman–Crippen LogP) is 3.70. The second-order valence-electron chi connectivity index (χ2n) is 5.93. The summed E-state index contributed by atoms with van der Waals surface area (Å²) in [5.41, 5.74) is 9.76. The number of pyridine rings is 1. The minimum absolute atomic E-state index is 0.465. The molecule has 21 heavy (non-hydrogen) atoms. The summed E-state index contributed by atoms with van der Waals surface area (Å²) < 4.78 is 0. The molecule has 1 aromatic heterocycles. The number of likely N-dealkylation sites (tertiary alicyclic amines) is 1. The predicted molar refractivity (Wildman–Crippen MR) is 86.8 cm³/mol. The van der Waals surface area contributed by atoms with E-state index in [2.05, 4.69) is 47.1 Å². The molecule has 2 aromatic rings. The number of nitrogens with two attached hydrogens (primary N) is 1. The number of rotatable bonds is 3. The Morgan fingerprint density at radius 3 is 2.81 bits per heavy atom. The molecule has 0 amide bonds. The Morgan fingerprint density at radius 1 is 1.24 bits per heavy atom. The number of hydrogen-bond acceptors (Lipinski definition) is 3. The smallest absolute Gasteiger partial charge is 0.123 e. The summed E-state index contributed by atoms with van der Waals surface area (Å²) in [5, 5.41) is 0. The van der Waals surface area contributed by atoms with E-state index in [1.165, 1.54) is 36.0 Å². The molecule has 2 N–H and O–H groups in total. The average Bonchev–Trinajstić information content (AvgIpc) is 2.49. The molecule has 0 aliphatic carbocycles. The van der Waals surface area contributed by atoms with Crippen LogP contribution in [-0.4, -0.2) is 16.4 Å². The van der Waals surface area contributed by atoms with Gasteiger partial charge in [0.1, 0.15) is 5.82 Å². The summed E-state index contributed by atoms with van der Waals surface area (Å²) in [6.45, 7) is 4.31. The molecule has 0 radical (unpaired) electrons. The summed E-state index contributed by atoms with van der Waals surface area (Å²) in [6, 6.07) is 13.2. The van der Waals surface area contributed by atoms with Crippen LogP contribution in [0.25, 0.3) is 0 Å². The van der Waals surface area contributed by atoms with Gasteiger partial charge in [-0.15, -0.1) is 0 Å². The summed E-state index contributed by atoms with van der Waals surface area (Å²) in [6.07, 6.45) is 5.75. The first kappa shape index (κ1) is 14.1. The lowest BCUT2D eigenvalue weighted by Crippen LogP contribution is -2.33. The van der Waals surface area contributed by atoms with Gasteiger partial charge in [0.2, 0.25) is 0 Å². The standard InChI is InChI=1S/C18H23N3/c1-14-11-18(19)20-12-16(14)17-9-5-6-10-21(17)13-15-7-3-2-4-8-15/h2-4,7-8,11-12,17H,5-6,9-10,13H2,1H3,(H2,19,20). The van der Waals surface area contributed by atoms with Crippen LogP contribution in [-0.2, 0) is 6.54 Å². The lowest BCUT2D eigenvalue weighted by molar-refractivity contribution is 0.139. The molecular weight excluding hydrogens is 258 g/mol. The quantitative estimate of drug-likeness (QED) is 0.932. The van der Waals surface area contributed by atoms with Crippen molar-refractivity contribution in [2.45, 2.75) is 38.8 Å². The fourth-order valence-electron chi connectivity index (χ4n) is 3.29. The molecule has 1 aliphatic rings. The normalized spacial score (nSPS) is 19.6. The number of piperidine rings is 1. The van der Waals surface area contributed by atoms with E-state index in [0.29, 0.717) is 11.9 Å². The SMILES string of the molecule is Cc1cc(N)ncc1C1CCCCN1Cc1ccccc1. The Morgan fingerprint density at radius 2 is 2.05 bits per heavy atom. The van der Waals surface area contributed by atoms with Crippen LogP contribution in [0.3, 0.4) is 0 Å². The summed E-state index contributed by atoms with van der Waals surface area (Å²) >= 11 is 0. The molecule has 1 atom stereocenters. The summed E-state index contributed by atoms with van der Waals surface area (Å²) in [4.78, 5) is 6.89. The van der Waals surface area contributed by atoms with Gasteiger partial charge in [-0.2, -0.15) is 0 Å². The Labute approximate surface area is 126 Å². The molecule has 3 heteroatoms. The van der Waals surface area contributed by atoms with Crippen LogP contribution in [0.1, 0.15) is 42.0 Å². The number of benzene rings is 1. The van der Waals surface area contributed by atoms with Gasteiger partial charge in [0.15, 0.2) is 0 Å². The minimum Gasteiger partial charge on any atom is -0.384 e. The maximum Gasteiger partial charge on any atom is 0.123 e. The van der Waals surface area contributed by atoms with Crippen molar-refractivity contribution in [3.63, 3.8) is 0 Å². The van der Waals surface area contributed by atoms with Crippen molar-refractivity contribution >= 4 is 5.82 Å². The fourth-order valence-corrected chi connectivity index (χ4v) is 3.29. The Kier molecular flexibility index (Phi) is 4.20. The van der Waals surface area contributed by atoms with E-state index in [0.717, 1.165) is 13.1 Å². The van der Waals surface area contributed by atoms with Gasteiger partial charge < -0.3 is 5.73 Å². The van der Waals surface area contributed by atoms with Crippen molar-refractivity contribution in [2.24, 2.45) is 0 Å². The summed E-state index contributed by atoms with van der Waals surface area (Å²) in [7, 11) is 0. The number of nitrogens with zero attached hydrogens (tertiary/aromatic N) is 2. The van der Waals surface area contributed by atoms with Crippen molar-refractivity contribution in [1.29, 1.82) is 0 Å². The van der Waals surface area contributed by atoms with E-state index >= 15 is 0 Å². The number of aromatic nitrogens is 1. The Balaban J connectivity index is 1.84. The lowest BCUT2D eigenvalue weighted by Gasteiger charge is -2.36. The number of nitrogen functional groups attached to an aromatic ring is 1. The van der Waals surface area contributed by atoms with Gasteiger partial charge in [-0.1, -0.05) is 36.8 Å². The number of aryl methyl sites for hydroxylation is 1. The molecule has 0 spiro atoms. The largest absolute Gasteiger partial charge is 0.384 e. The zero-order chi connectivity index (χ0) is 14.7. The molecular formula is C18H23N3. The van der Waals surface area contributed by atoms with E-state index in [-0.39, 0.29) is 0 Å². The van der Waals surface area contributed by atoms with Gasteiger partial charge in [0.25, 0.3) is 0 Å². The third kappa shape index (κ3) is 3.24. The lowest BCUT2D eigenvalue weighted by atomic mass is 9.93. The van der Waals surface area contributed by atoms with Crippen molar-refractivity contribution in [3.05, 3.63) is 59.3 Å². The van der Waals surface area contributed by atoms with E-state index in [4.69, 9.17) is 5.73 Å². The van der Waals surface area contributed by atoms with Crippen LogP contribution in [0.4, 0.5) is 5.82 Å². The molecule has 2 heterocycles. The first-order valence-corrected chi connectivity index (χ1v) is 7.74. The van der Waals surface area contributed by atoms with Gasteiger partial charge in [0.05, 0.1) is 0 Å². The monoisotopic (exact) mass is 281 g/mol. The minimum atomic E-state index is 0.465. The van der Waals surface area contributed by atoms with Crippen molar-refractivity contribution in [3.8, 4) is 0 Å². The topological polar surface area (TPSA) is 42.1 Å². The van der Waals surface area contributed by atoms with Crippen molar-refractivity contribution in [1.82, 2.24) is 9.88 Å². The van der Waals surface area contributed by atoms with Gasteiger partial charge in [-0.25, -0.2) is 4.98 Å². The maximum absolute atomic E-state index is 5.79. The highest BCUT2D eigenvalue weighted by atomic mass is 15.2. The van der Waals surface area contributed by atoms with Crippen LogP contribution in [0, 0.1) is 6.92 Å². The van der Waals surface area contributed by atoms with E-state index in [1.54, 1.807) is 0 Å². The van der Waals surface area contributed by atoms with Gasteiger partial charge >= 0.3 is 0 Å². The Hall–Kier alpha value is -1.87. The zero-order valence-electron chi connectivity index (χ0n) is 12.6. The highest BCUT2D eigenvalue weighted by Crippen LogP contribution is 2.33. The third-order valence-corrected chi connectivity index (χ3v) is 4.37. The Bertz CT molecular complexity index is 595. The van der Waals surface area contributed by atoms with Crippen molar-refractivity contribution in [2.75, 3.05) is 12.3 Å². The van der Waals surface area contributed by atoms with Crippen LogP contribution in [0.2, 0.25) is 0 Å².